The summed E-state index contributed by atoms with van der Waals surface area (Å²) in [5.41, 5.74) is 0.346. The largest absolute Gasteiger partial charge is 0.349 e. The summed E-state index contributed by atoms with van der Waals surface area (Å²) in [6.45, 7) is 3.01. The van der Waals surface area contributed by atoms with Gasteiger partial charge in [-0.3, -0.25) is 9.78 Å². The lowest BCUT2D eigenvalue weighted by molar-refractivity contribution is 0.372. The number of aromatic nitrogens is 4. The molecule has 0 saturated carbocycles. The Kier molecular flexibility index (Phi) is 4.87. The van der Waals surface area contributed by atoms with Crippen LogP contribution in [0.4, 0.5) is 0 Å². The summed E-state index contributed by atoms with van der Waals surface area (Å²) >= 11 is 6.08. The van der Waals surface area contributed by atoms with Crippen molar-refractivity contribution in [1.82, 2.24) is 24.4 Å². The molecular formula is C17H20ClN5O2. The van der Waals surface area contributed by atoms with Gasteiger partial charge in [0.1, 0.15) is 0 Å². The van der Waals surface area contributed by atoms with Gasteiger partial charge in [0.15, 0.2) is 11.5 Å². The molecule has 0 radical (unpaired) electrons. The Balaban J connectivity index is 2.21. The summed E-state index contributed by atoms with van der Waals surface area (Å²) < 4.78 is 1.92. The molecule has 0 bridgehead atoms. The maximum atomic E-state index is 12.2. The van der Waals surface area contributed by atoms with Crippen LogP contribution in [0.3, 0.4) is 0 Å². The van der Waals surface area contributed by atoms with E-state index in [1.54, 1.807) is 12.1 Å². The number of halogens is 1. The molecule has 7 nitrogen and oxygen atoms in total. The van der Waals surface area contributed by atoms with Gasteiger partial charge in [-0.25, -0.2) is 9.78 Å². The van der Waals surface area contributed by atoms with Crippen molar-refractivity contribution >= 4 is 22.6 Å². The van der Waals surface area contributed by atoms with Gasteiger partial charge in [-0.15, -0.1) is 0 Å². The number of aromatic amines is 1. The Labute approximate surface area is 149 Å². The van der Waals surface area contributed by atoms with E-state index in [9.17, 15) is 9.59 Å². The Morgan fingerprint density at radius 3 is 2.76 bits per heavy atom. The van der Waals surface area contributed by atoms with Crippen LogP contribution in [-0.4, -0.2) is 45.1 Å². The van der Waals surface area contributed by atoms with Gasteiger partial charge in [0.2, 0.25) is 0 Å². The molecule has 1 atom stereocenters. The summed E-state index contributed by atoms with van der Waals surface area (Å²) in [5.74, 6) is 0.306. The topological polar surface area (TPSA) is 83.9 Å². The van der Waals surface area contributed by atoms with Crippen molar-refractivity contribution < 1.29 is 0 Å². The van der Waals surface area contributed by atoms with E-state index in [4.69, 9.17) is 11.6 Å². The van der Waals surface area contributed by atoms with Gasteiger partial charge in [-0.2, -0.15) is 4.98 Å². The van der Waals surface area contributed by atoms with Gasteiger partial charge in [0, 0.05) is 11.1 Å². The lowest BCUT2D eigenvalue weighted by atomic mass is 10.1. The molecule has 0 spiro atoms. The fraction of sp³-hybridized carbons (Fsp3) is 0.412. The fourth-order valence-corrected chi connectivity index (χ4v) is 3.17. The molecule has 2 aliphatic heterocycles. The first-order valence-electron chi connectivity index (χ1n) is 8.13. The minimum absolute atomic E-state index is 0.0443. The quantitative estimate of drug-likeness (QED) is 0.704. The van der Waals surface area contributed by atoms with Crippen LogP contribution in [0, 0.1) is 0 Å². The minimum atomic E-state index is -0.665. The van der Waals surface area contributed by atoms with Gasteiger partial charge < -0.3 is 9.47 Å². The molecule has 0 fully saturated rings. The van der Waals surface area contributed by atoms with E-state index in [-0.39, 0.29) is 11.7 Å². The van der Waals surface area contributed by atoms with Crippen molar-refractivity contribution in [2.75, 3.05) is 20.6 Å². The lowest BCUT2D eigenvalue weighted by Crippen LogP contribution is -2.29. The molecule has 2 aliphatic rings. The predicted molar refractivity (Wildman–Crippen MR) is 98.5 cm³/mol. The van der Waals surface area contributed by atoms with E-state index in [1.165, 1.54) is 0 Å². The van der Waals surface area contributed by atoms with Crippen molar-refractivity contribution in [2.24, 2.45) is 0 Å². The average Bonchev–Trinajstić information content (AvgIpc) is 2.52. The predicted octanol–water partition coefficient (Wildman–Crippen LogP) is 2.14. The molecule has 8 heteroatoms. The average molecular weight is 362 g/mol. The summed E-state index contributed by atoms with van der Waals surface area (Å²) in [6.07, 6.45) is 1.86. The molecule has 2 heterocycles. The smallest absolute Gasteiger partial charge is 0.319 e. The highest BCUT2D eigenvalue weighted by molar-refractivity contribution is 6.31. The molecular weight excluding hydrogens is 342 g/mol. The fourth-order valence-electron chi connectivity index (χ4n) is 3.01. The summed E-state index contributed by atoms with van der Waals surface area (Å²) in [7, 11) is 4.06. The van der Waals surface area contributed by atoms with Crippen molar-refractivity contribution in [3.05, 3.63) is 44.1 Å². The SMILES string of the molecule is CC(CCCN(C)C)n1c2nc(=O)[nH]c(=O)c-2nc2cc(Cl)ccc21. The highest BCUT2D eigenvalue weighted by Crippen LogP contribution is 2.28. The van der Waals surface area contributed by atoms with Crippen LogP contribution in [0.5, 0.6) is 0 Å². The van der Waals surface area contributed by atoms with E-state index < -0.39 is 11.2 Å². The molecule has 1 aromatic carbocycles. The zero-order chi connectivity index (χ0) is 18.1. The Bertz CT molecular complexity index is 995. The monoisotopic (exact) mass is 361 g/mol. The van der Waals surface area contributed by atoms with Crippen LogP contribution in [0.15, 0.2) is 27.8 Å². The van der Waals surface area contributed by atoms with E-state index >= 15 is 0 Å². The third kappa shape index (κ3) is 3.57. The first kappa shape index (κ1) is 17.6. The highest BCUT2D eigenvalue weighted by Gasteiger charge is 2.21. The third-order valence-electron chi connectivity index (χ3n) is 4.18. The number of rotatable bonds is 5. The van der Waals surface area contributed by atoms with Gasteiger partial charge in [0.25, 0.3) is 5.56 Å². The van der Waals surface area contributed by atoms with Crippen molar-refractivity contribution in [2.45, 2.75) is 25.8 Å². The number of benzene rings is 1. The second-order valence-corrected chi connectivity index (χ2v) is 6.89. The van der Waals surface area contributed by atoms with Gasteiger partial charge in [-0.05, 0) is 58.6 Å². The maximum Gasteiger partial charge on any atom is 0.349 e. The number of fused-ring (bicyclic) bond motifs is 2. The molecule has 1 N–H and O–H groups in total. The number of nitrogens with one attached hydrogen (secondary N) is 1. The van der Waals surface area contributed by atoms with E-state index in [2.05, 4.69) is 26.8 Å². The van der Waals surface area contributed by atoms with E-state index in [0.717, 1.165) is 24.9 Å². The Hall–Kier alpha value is -2.25. The standard InChI is InChI=1S/C17H20ClN5O2/c1-10(5-4-8-22(2)3)23-13-7-6-11(18)9-12(13)19-14-15(23)20-17(25)21-16(14)24/h6-7,9-10H,4-5,8H2,1-3H3,(H,21,24,25). The molecule has 1 aromatic rings. The Morgan fingerprint density at radius 1 is 1.28 bits per heavy atom. The van der Waals surface area contributed by atoms with E-state index in [1.807, 2.05) is 24.7 Å². The summed E-state index contributed by atoms with van der Waals surface area (Å²) in [6, 6.07) is 5.37. The second-order valence-electron chi connectivity index (χ2n) is 6.45. The number of H-pyrrole nitrogens is 1. The van der Waals surface area contributed by atoms with Crippen LogP contribution in [0.1, 0.15) is 25.8 Å². The first-order valence-corrected chi connectivity index (χ1v) is 8.51. The third-order valence-corrected chi connectivity index (χ3v) is 4.42. The normalized spacial score (nSPS) is 13.0. The zero-order valence-electron chi connectivity index (χ0n) is 14.4. The molecule has 1 unspecified atom stereocenters. The molecule has 0 amide bonds. The lowest BCUT2D eigenvalue weighted by Gasteiger charge is -2.23. The zero-order valence-corrected chi connectivity index (χ0v) is 15.2. The summed E-state index contributed by atoms with van der Waals surface area (Å²) in [5, 5.41) is 0.538. The Morgan fingerprint density at radius 2 is 2.04 bits per heavy atom. The maximum absolute atomic E-state index is 12.2. The molecule has 3 rings (SSSR count). The molecule has 25 heavy (non-hydrogen) atoms. The highest BCUT2D eigenvalue weighted by atomic mass is 35.5. The van der Waals surface area contributed by atoms with Gasteiger partial charge in [-0.1, -0.05) is 11.6 Å². The minimum Gasteiger partial charge on any atom is -0.319 e. The summed E-state index contributed by atoms with van der Waals surface area (Å²) in [4.78, 5) is 36.6. The first-order chi connectivity index (χ1) is 11.9. The van der Waals surface area contributed by atoms with Crippen molar-refractivity contribution in [3.8, 4) is 11.5 Å². The number of nitrogens with zero attached hydrogens (tertiary/aromatic N) is 4. The van der Waals surface area contributed by atoms with Crippen molar-refractivity contribution in [3.63, 3.8) is 0 Å². The second kappa shape index (κ2) is 6.93. The van der Waals surface area contributed by atoms with Crippen LogP contribution in [-0.2, 0) is 0 Å². The molecule has 132 valence electrons. The van der Waals surface area contributed by atoms with Gasteiger partial charge in [0.05, 0.1) is 11.0 Å². The van der Waals surface area contributed by atoms with Crippen molar-refractivity contribution in [1.29, 1.82) is 0 Å². The van der Waals surface area contributed by atoms with Crippen LogP contribution < -0.4 is 11.2 Å². The van der Waals surface area contributed by atoms with Crippen LogP contribution >= 0.6 is 11.6 Å². The van der Waals surface area contributed by atoms with Crippen LogP contribution in [0.2, 0.25) is 5.02 Å². The molecule has 0 aromatic heterocycles. The van der Waals surface area contributed by atoms with Crippen LogP contribution in [0.25, 0.3) is 22.6 Å². The van der Waals surface area contributed by atoms with Gasteiger partial charge >= 0.3 is 5.69 Å². The molecule has 0 saturated heterocycles. The number of hydrogen-bond acceptors (Lipinski definition) is 5. The number of hydrogen-bond donors (Lipinski definition) is 1. The van der Waals surface area contributed by atoms with E-state index in [0.29, 0.717) is 16.4 Å². The molecule has 0 aliphatic carbocycles.